The zero-order valence-corrected chi connectivity index (χ0v) is 17.5. The number of carbonyl (C=O) groups is 1. The molecule has 2 aliphatic rings. The summed E-state index contributed by atoms with van der Waals surface area (Å²) in [6, 6.07) is 1.60. The summed E-state index contributed by atoms with van der Waals surface area (Å²) in [4.78, 5) is 15.6. The van der Waals surface area contributed by atoms with Gasteiger partial charge < -0.3 is 9.32 Å². The Labute approximate surface area is 168 Å². The Balaban J connectivity index is 1.58. The average Bonchev–Trinajstić information content (AvgIpc) is 3.39. The van der Waals surface area contributed by atoms with Gasteiger partial charge in [-0.3, -0.25) is 4.79 Å². The van der Waals surface area contributed by atoms with Gasteiger partial charge in [0.15, 0.2) is 0 Å². The normalized spacial score (nSPS) is 19.1. The fraction of sp³-hybridized carbons (Fsp3) is 0.611. The van der Waals surface area contributed by atoms with Crippen LogP contribution >= 0.6 is 11.3 Å². The minimum absolute atomic E-state index is 0.0418. The zero-order valence-electron chi connectivity index (χ0n) is 15.9. The number of carbonyl (C=O) groups excluding carboxylic acids is 1. The lowest BCUT2D eigenvalue weighted by Gasteiger charge is -2.19. The number of thiophene rings is 1. The lowest BCUT2D eigenvalue weighted by atomic mass is 10.2. The summed E-state index contributed by atoms with van der Waals surface area (Å²) in [5, 5.41) is 7.86. The molecule has 0 unspecified atom stereocenters. The van der Waals surface area contributed by atoms with Crippen molar-refractivity contribution in [2.75, 3.05) is 26.2 Å². The van der Waals surface area contributed by atoms with Crippen molar-refractivity contribution in [3.8, 4) is 10.8 Å². The maximum absolute atomic E-state index is 13.1. The van der Waals surface area contributed by atoms with Crippen LogP contribution in [0.5, 0.6) is 0 Å². The predicted molar refractivity (Wildman–Crippen MR) is 105 cm³/mol. The van der Waals surface area contributed by atoms with Crippen LogP contribution < -0.4 is 0 Å². The molecule has 0 radical (unpaired) electrons. The molecule has 0 spiro atoms. The summed E-state index contributed by atoms with van der Waals surface area (Å²) < 4.78 is 33.4. The monoisotopic (exact) mass is 424 g/mol. The third-order valence-corrected chi connectivity index (χ3v) is 8.46. The summed E-state index contributed by atoms with van der Waals surface area (Å²) in [6.07, 6.45) is 5.87. The molecule has 2 fully saturated rings. The second kappa shape index (κ2) is 7.92. The van der Waals surface area contributed by atoms with Gasteiger partial charge in [0, 0.05) is 31.1 Å². The van der Waals surface area contributed by atoms with Gasteiger partial charge >= 0.3 is 11.8 Å². The highest BCUT2D eigenvalue weighted by Gasteiger charge is 2.30. The Kier molecular flexibility index (Phi) is 5.52. The summed E-state index contributed by atoms with van der Waals surface area (Å²) in [5.74, 6) is -0.116. The van der Waals surface area contributed by atoms with Crippen molar-refractivity contribution in [1.82, 2.24) is 19.4 Å². The maximum Gasteiger partial charge on any atom is 0.311 e. The van der Waals surface area contributed by atoms with E-state index in [1.807, 2.05) is 0 Å². The number of nitrogens with zero attached hydrogens (tertiary/aromatic N) is 4. The number of amides is 1. The molecular weight excluding hydrogens is 400 g/mol. The van der Waals surface area contributed by atoms with E-state index in [9.17, 15) is 13.2 Å². The number of aryl methyl sites for hydroxylation is 1. The number of hydrogen-bond acceptors (Lipinski definition) is 7. The Morgan fingerprint density at radius 3 is 2.36 bits per heavy atom. The van der Waals surface area contributed by atoms with Crippen LogP contribution in [0.25, 0.3) is 10.8 Å². The van der Waals surface area contributed by atoms with Gasteiger partial charge in [-0.2, -0.15) is 4.31 Å². The zero-order chi connectivity index (χ0) is 19.7. The van der Waals surface area contributed by atoms with Crippen molar-refractivity contribution in [2.45, 2.75) is 50.3 Å². The van der Waals surface area contributed by atoms with Crippen LogP contribution in [0.15, 0.2) is 15.4 Å². The van der Waals surface area contributed by atoms with Crippen molar-refractivity contribution >= 4 is 27.3 Å². The highest BCUT2D eigenvalue weighted by molar-refractivity contribution is 7.89. The molecule has 0 bridgehead atoms. The molecular formula is C18H24N4O4S2. The van der Waals surface area contributed by atoms with Gasteiger partial charge in [0.2, 0.25) is 10.0 Å². The van der Waals surface area contributed by atoms with Crippen LogP contribution in [0.4, 0.5) is 0 Å². The number of hydrogen-bond donors (Lipinski definition) is 0. The number of sulfonamides is 1. The highest BCUT2D eigenvalue weighted by atomic mass is 32.2. The van der Waals surface area contributed by atoms with E-state index >= 15 is 0 Å². The van der Waals surface area contributed by atoms with Gasteiger partial charge in [-0.15, -0.1) is 21.5 Å². The SMILES string of the molecule is Cc1sc(-c2nnc(C(=O)N3CCCC3)o2)cc1S(=O)(=O)N1CCCCCC1. The maximum atomic E-state index is 13.1. The molecule has 4 heterocycles. The average molecular weight is 425 g/mol. The number of rotatable bonds is 4. The van der Waals surface area contributed by atoms with Crippen molar-refractivity contribution in [3.05, 3.63) is 16.8 Å². The molecule has 8 nitrogen and oxygen atoms in total. The molecule has 0 atom stereocenters. The number of likely N-dealkylation sites (tertiary alicyclic amines) is 1. The molecule has 0 N–H and O–H groups in total. The van der Waals surface area contributed by atoms with E-state index < -0.39 is 10.0 Å². The molecule has 0 aromatic carbocycles. The summed E-state index contributed by atoms with van der Waals surface area (Å²) in [7, 11) is -3.55. The third kappa shape index (κ3) is 3.72. The van der Waals surface area contributed by atoms with Gasteiger partial charge in [0.25, 0.3) is 5.89 Å². The Morgan fingerprint density at radius 2 is 1.68 bits per heavy atom. The lowest BCUT2D eigenvalue weighted by Crippen LogP contribution is -2.32. The first-order chi connectivity index (χ1) is 13.5. The second-order valence-corrected chi connectivity index (χ2v) is 10.4. The Bertz CT molecular complexity index is 952. The molecule has 2 aromatic heterocycles. The summed E-state index contributed by atoms with van der Waals surface area (Å²) >= 11 is 1.29. The first-order valence-electron chi connectivity index (χ1n) is 9.70. The van der Waals surface area contributed by atoms with Gasteiger partial charge in [0.05, 0.1) is 9.77 Å². The molecule has 152 valence electrons. The molecule has 2 saturated heterocycles. The molecule has 0 saturated carbocycles. The van der Waals surface area contributed by atoms with Crippen LogP contribution in [0.2, 0.25) is 0 Å². The van der Waals surface area contributed by atoms with Crippen molar-refractivity contribution in [2.24, 2.45) is 0 Å². The summed E-state index contributed by atoms with van der Waals surface area (Å²) in [6.45, 7) is 4.30. The van der Waals surface area contributed by atoms with E-state index in [0.29, 0.717) is 40.8 Å². The molecule has 28 heavy (non-hydrogen) atoms. The smallest absolute Gasteiger partial charge is 0.311 e. The minimum Gasteiger partial charge on any atom is -0.411 e. The van der Waals surface area contributed by atoms with E-state index in [4.69, 9.17) is 4.42 Å². The van der Waals surface area contributed by atoms with Gasteiger partial charge in [-0.1, -0.05) is 12.8 Å². The standard InChI is InChI=1S/C18H24N4O4S2/c1-13-15(28(24,25)22-10-4-2-3-5-11-22)12-14(27-13)16-19-20-17(26-16)18(23)21-8-6-7-9-21/h12H,2-11H2,1H3. The molecule has 2 aromatic rings. The second-order valence-electron chi connectivity index (χ2n) is 7.26. The minimum atomic E-state index is -3.55. The fourth-order valence-corrected chi connectivity index (χ4v) is 6.71. The number of aromatic nitrogens is 2. The topological polar surface area (TPSA) is 96.6 Å². The third-order valence-electron chi connectivity index (χ3n) is 5.27. The van der Waals surface area contributed by atoms with Crippen molar-refractivity contribution in [1.29, 1.82) is 0 Å². The fourth-order valence-electron chi connectivity index (χ4n) is 3.71. The van der Waals surface area contributed by atoms with Crippen LogP contribution in [-0.4, -0.2) is 59.9 Å². The summed E-state index contributed by atoms with van der Waals surface area (Å²) in [5.41, 5.74) is 0. The van der Waals surface area contributed by atoms with E-state index in [1.54, 1.807) is 22.2 Å². The lowest BCUT2D eigenvalue weighted by molar-refractivity contribution is 0.0754. The van der Waals surface area contributed by atoms with Crippen LogP contribution in [0.3, 0.4) is 0 Å². The first-order valence-corrected chi connectivity index (χ1v) is 12.0. The van der Waals surface area contributed by atoms with E-state index in [2.05, 4.69) is 10.2 Å². The van der Waals surface area contributed by atoms with Crippen LogP contribution in [-0.2, 0) is 10.0 Å². The van der Waals surface area contributed by atoms with Crippen LogP contribution in [0, 0.1) is 6.92 Å². The molecule has 2 aliphatic heterocycles. The van der Waals surface area contributed by atoms with Crippen LogP contribution in [0.1, 0.15) is 54.1 Å². The molecule has 4 rings (SSSR count). The quantitative estimate of drug-likeness (QED) is 0.749. The van der Waals surface area contributed by atoms with Crippen molar-refractivity contribution in [3.63, 3.8) is 0 Å². The highest BCUT2D eigenvalue weighted by Crippen LogP contribution is 2.35. The predicted octanol–water partition coefficient (Wildman–Crippen LogP) is 2.91. The van der Waals surface area contributed by atoms with E-state index in [0.717, 1.165) is 38.5 Å². The van der Waals surface area contributed by atoms with E-state index in [1.165, 1.54) is 11.3 Å². The van der Waals surface area contributed by atoms with Crippen molar-refractivity contribution < 1.29 is 17.6 Å². The first kappa shape index (κ1) is 19.5. The molecule has 1 amide bonds. The molecule has 0 aliphatic carbocycles. The van der Waals surface area contributed by atoms with Gasteiger partial charge in [0.1, 0.15) is 0 Å². The van der Waals surface area contributed by atoms with E-state index in [-0.39, 0.29) is 17.7 Å². The largest absolute Gasteiger partial charge is 0.411 e. The molecule has 10 heteroatoms. The Hall–Kier alpha value is -1.78. The van der Waals surface area contributed by atoms with Gasteiger partial charge in [-0.25, -0.2) is 8.42 Å². The Morgan fingerprint density at radius 1 is 1.04 bits per heavy atom. The van der Waals surface area contributed by atoms with Gasteiger partial charge in [-0.05, 0) is 38.7 Å².